The average molecular weight is 247 g/mol. The predicted octanol–water partition coefficient (Wildman–Crippen LogP) is 3.49. The number of benzene rings is 1. The van der Waals surface area contributed by atoms with E-state index in [0.717, 1.165) is 10.5 Å². The Morgan fingerprint density at radius 2 is 2.00 bits per heavy atom. The fraction of sp³-hybridized carbons (Fsp3) is 0.500. The zero-order valence-corrected chi connectivity index (χ0v) is 11.4. The maximum atomic E-state index is 12.4. The van der Waals surface area contributed by atoms with Gasteiger partial charge in [0.15, 0.2) is 0 Å². The van der Waals surface area contributed by atoms with Crippen molar-refractivity contribution in [2.24, 2.45) is 0 Å². The summed E-state index contributed by atoms with van der Waals surface area (Å²) >= 11 is 5.96. The van der Waals surface area contributed by atoms with Gasteiger partial charge in [-0.1, -0.05) is 48.4 Å². The van der Waals surface area contributed by atoms with E-state index in [9.17, 15) is 4.21 Å². The number of halogens is 1. The zero-order chi connectivity index (χ0) is 11.6. The van der Waals surface area contributed by atoms with Crippen LogP contribution in [0.2, 0.25) is 5.02 Å². The third-order valence-corrected chi connectivity index (χ3v) is 5.58. The Hall–Kier alpha value is -0.340. The van der Waals surface area contributed by atoms with Gasteiger partial charge in [-0.3, -0.25) is 4.21 Å². The van der Waals surface area contributed by atoms with Gasteiger partial charge in [-0.15, -0.1) is 0 Å². The molecule has 0 atom stereocenters. The molecule has 1 aromatic carbocycles. The number of rotatable bonds is 3. The average Bonchev–Trinajstić information content (AvgIpc) is 2.17. The van der Waals surface area contributed by atoms with Crippen molar-refractivity contribution in [2.45, 2.75) is 31.6 Å². The van der Waals surface area contributed by atoms with E-state index in [1.54, 1.807) is 0 Å². The van der Waals surface area contributed by atoms with Crippen LogP contribution in [0.4, 0.5) is 0 Å². The Morgan fingerprint density at radius 1 is 1.40 bits per heavy atom. The lowest BCUT2D eigenvalue weighted by Crippen LogP contribution is -2.15. The molecule has 0 aliphatic rings. The van der Waals surface area contributed by atoms with E-state index in [4.69, 9.17) is 11.6 Å². The van der Waals surface area contributed by atoms with Crippen LogP contribution in [0.5, 0.6) is 0 Å². The quantitative estimate of drug-likeness (QED) is 0.808. The van der Waals surface area contributed by atoms with Gasteiger partial charge in [-0.2, -0.15) is 0 Å². The first-order chi connectivity index (χ1) is 6.88. The Balaban J connectivity index is 3.37. The summed E-state index contributed by atoms with van der Waals surface area (Å²) in [5.74, 6) is 1.07. The summed E-state index contributed by atoms with van der Waals surface area (Å²) in [4.78, 5) is 0.951. The molecule has 1 nitrogen and oxygen atoms in total. The monoisotopic (exact) mass is 246 g/mol. The summed E-state index contributed by atoms with van der Waals surface area (Å²) in [5.41, 5.74) is 1.16. The molecule has 0 N–H and O–H groups in total. The van der Waals surface area contributed by atoms with Crippen molar-refractivity contribution in [1.82, 2.24) is 0 Å². The fourth-order valence-corrected chi connectivity index (χ4v) is 3.46. The van der Waals surface area contributed by atoms with Crippen LogP contribution >= 0.6 is 11.6 Å². The van der Waals surface area contributed by atoms with E-state index in [-0.39, 0.29) is 0 Å². The lowest BCUT2D eigenvalue weighted by Gasteiger charge is -2.22. The highest BCUT2D eigenvalue weighted by Crippen LogP contribution is 2.29. The van der Waals surface area contributed by atoms with Gasteiger partial charge in [0.2, 0.25) is 0 Å². The normalized spacial score (nSPS) is 13.2. The summed E-state index contributed by atoms with van der Waals surface area (Å²) in [6.07, 6.45) is 1.84. The minimum absolute atomic E-state index is 0.386. The maximum absolute atomic E-state index is 12.4. The third kappa shape index (κ3) is 2.82. The topological polar surface area (TPSA) is 17.1 Å². The molecule has 0 unspecified atom stereocenters. The van der Waals surface area contributed by atoms with E-state index in [1.807, 2.05) is 31.4 Å². The molecule has 0 aliphatic carbocycles. The van der Waals surface area contributed by atoms with Crippen molar-refractivity contribution in [3.63, 3.8) is 0 Å². The van der Waals surface area contributed by atoms with E-state index >= 15 is 0 Å². The highest BCUT2D eigenvalue weighted by atomic mass is 35.5. The smallest absolute Gasteiger partial charge is 0.0417 e. The van der Waals surface area contributed by atoms with Gasteiger partial charge in [0.25, 0.3) is 0 Å². The molecule has 0 radical (unpaired) electrons. The summed E-state index contributed by atoms with van der Waals surface area (Å²) in [6.45, 7) is 6.19. The Morgan fingerprint density at radius 3 is 2.47 bits per heavy atom. The van der Waals surface area contributed by atoms with E-state index in [1.165, 1.54) is 0 Å². The second kappa shape index (κ2) is 4.67. The highest BCUT2D eigenvalue weighted by Gasteiger charge is 2.16. The second-order valence-electron chi connectivity index (χ2n) is 4.27. The minimum Gasteiger partial charge on any atom is -0.281 e. The lowest BCUT2D eigenvalue weighted by molar-refractivity contribution is 0.672. The molecule has 1 aromatic rings. The standard InChI is InChI=1S/C12H19ClOS/c1-5-15(4,14)12-8-10(13)6-7-11(12)9(2)3/h6-9,15H,5H2,1-4H3. The van der Waals surface area contributed by atoms with Gasteiger partial charge in [-0.25, -0.2) is 0 Å². The minimum atomic E-state index is -2.23. The largest absolute Gasteiger partial charge is 0.281 e. The molecule has 15 heavy (non-hydrogen) atoms. The molecule has 0 heterocycles. The first kappa shape index (κ1) is 12.7. The van der Waals surface area contributed by atoms with Crippen LogP contribution in [0.1, 0.15) is 32.3 Å². The summed E-state index contributed by atoms with van der Waals surface area (Å²) in [7, 11) is -2.23. The molecule has 0 fully saturated rings. The van der Waals surface area contributed by atoms with Crippen molar-refractivity contribution in [1.29, 1.82) is 0 Å². The van der Waals surface area contributed by atoms with Gasteiger partial charge >= 0.3 is 0 Å². The van der Waals surface area contributed by atoms with E-state index in [2.05, 4.69) is 13.8 Å². The SMILES string of the molecule is CC[SH](C)(=O)c1cc(Cl)ccc1C(C)C. The number of hydrogen-bond donors (Lipinski definition) is 1. The van der Waals surface area contributed by atoms with E-state index < -0.39 is 9.93 Å². The highest BCUT2D eigenvalue weighted by molar-refractivity contribution is 8.02. The molecular weight excluding hydrogens is 228 g/mol. The third-order valence-electron chi connectivity index (χ3n) is 2.73. The van der Waals surface area contributed by atoms with Crippen LogP contribution in [0.25, 0.3) is 0 Å². The van der Waals surface area contributed by atoms with Gasteiger partial charge in [0.1, 0.15) is 0 Å². The first-order valence-electron chi connectivity index (χ1n) is 5.25. The van der Waals surface area contributed by atoms with Crippen LogP contribution in [0, 0.1) is 0 Å². The van der Waals surface area contributed by atoms with Crippen molar-refractivity contribution >= 4 is 21.5 Å². The van der Waals surface area contributed by atoms with E-state index in [0.29, 0.717) is 16.7 Å². The summed E-state index contributed by atoms with van der Waals surface area (Å²) < 4.78 is 12.4. The molecule has 0 saturated carbocycles. The Kier molecular flexibility index (Phi) is 3.96. The van der Waals surface area contributed by atoms with Crippen molar-refractivity contribution in [3.8, 4) is 0 Å². The first-order valence-corrected chi connectivity index (χ1v) is 7.96. The zero-order valence-electron chi connectivity index (χ0n) is 9.75. The number of hydrogen-bond acceptors (Lipinski definition) is 1. The number of thiol groups is 1. The molecule has 0 saturated heterocycles. The van der Waals surface area contributed by atoms with Gasteiger partial charge in [0, 0.05) is 15.7 Å². The van der Waals surface area contributed by atoms with Crippen molar-refractivity contribution in [3.05, 3.63) is 28.8 Å². The predicted molar refractivity (Wildman–Crippen MR) is 69.8 cm³/mol. The second-order valence-corrected chi connectivity index (χ2v) is 8.03. The van der Waals surface area contributed by atoms with Crippen LogP contribution < -0.4 is 0 Å². The van der Waals surface area contributed by atoms with Crippen LogP contribution in [0.3, 0.4) is 0 Å². The van der Waals surface area contributed by atoms with Crippen LogP contribution in [-0.2, 0) is 9.93 Å². The molecule has 0 amide bonds. The molecule has 86 valence electrons. The Bertz CT molecular complexity index is 399. The molecule has 1 rings (SSSR count). The van der Waals surface area contributed by atoms with Crippen LogP contribution in [0.15, 0.2) is 23.1 Å². The summed E-state index contributed by atoms with van der Waals surface area (Å²) in [6, 6.07) is 5.73. The molecule has 3 heteroatoms. The van der Waals surface area contributed by atoms with Gasteiger partial charge < -0.3 is 0 Å². The molecular formula is C12H19ClOS. The van der Waals surface area contributed by atoms with Crippen molar-refractivity contribution < 1.29 is 4.21 Å². The van der Waals surface area contributed by atoms with Crippen LogP contribution in [-0.4, -0.2) is 16.2 Å². The lowest BCUT2D eigenvalue weighted by atomic mass is 10.0. The summed E-state index contributed by atoms with van der Waals surface area (Å²) in [5, 5.41) is 0.671. The fourth-order valence-electron chi connectivity index (χ4n) is 1.59. The van der Waals surface area contributed by atoms with Gasteiger partial charge in [-0.05, 0) is 29.9 Å². The molecule has 0 aliphatic heterocycles. The molecule has 0 bridgehead atoms. The molecule has 0 spiro atoms. The Labute approximate surface area is 98.3 Å². The van der Waals surface area contributed by atoms with Crippen molar-refractivity contribution in [2.75, 3.05) is 12.0 Å². The maximum Gasteiger partial charge on any atom is 0.0417 e. The molecule has 0 aromatic heterocycles. The van der Waals surface area contributed by atoms with Gasteiger partial charge in [0.05, 0.1) is 0 Å².